The molecule has 0 radical (unpaired) electrons. The molecule has 0 unspecified atom stereocenters. The minimum Gasteiger partial charge on any atom is -0.435 e. The number of rotatable bonds is 6. The highest BCUT2D eigenvalue weighted by Crippen LogP contribution is 2.38. The summed E-state index contributed by atoms with van der Waals surface area (Å²) >= 11 is 5.18. The molecule has 0 saturated heterocycles. The van der Waals surface area contributed by atoms with Crippen LogP contribution in [0.3, 0.4) is 0 Å². The third-order valence-electron chi connectivity index (χ3n) is 2.06. The van der Waals surface area contributed by atoms with Crippen molar-refractivity contribution in [1.29, 1.82) is 0 Å². The number of hydrogen-bond donors (Lipinski definition) is 0. The van der Waals surface area contributed by atoms with Gasteiger partial charge in [-0.25, -0.2) is 0 Å². The van der Waals surface area contributed by atoms with Crippen LogP contribution in [0, 0.1) is 0 Å². The molecule has 0 bridgehead atoms. The Balaban J connectivity index is 2.93. The number of ether oxygens (including phenoxy) is 1. The van der Waals surface area contributed by atoms with E-state index in [1.54, 1.807) is 0 Å². The van der Waals surface area contributed by atoms with Crippen molar-refractivity contribution in [3.05, 3.63) is 23.8 Å². The molecule has 0 amide bonds. The first-order valence-corrected chi connectivity index (χ1v) is 6.56. The molecule has 0 fully saturated rings. The third kappa shape index (κ3) is 6.33. The Bertz CT molecular complexity index is 411. The van der Waals surface area contributed by atoms with E-state index in [4.69, 9.17) is 11.6 Å². The second-order valence-corrected chi connectivity index (χ2v) is 5.00. The molecule has 19 heavy (non-hydrogen) atoms. The Kier molecular flexibility index (Phi) is 6.19. The number of hydrogen-bond acceptors (Lipinski definition) is 2. The van der Waals surface area contributed by atoms with Crippen LogP contribution >= 0.6 is 23.4 Å². The van der Waals surface area contributed by atoms with Crippen molar-refractivity contribution < 1.29 is 26.7 Å². The highest BCUT2D eigenvalue weighted by molar-refractivity contribution is 8.00. The number of aryl methyl sites for hydroxylation is 1. The molecule has 1 aromatic rings. The fourth-order valence-corrected chi connectivity index (χ4v) is 2.15. The first-order valence-electron chi connectivity index (χ1n) is 5.21. The Morgan fingerprint density at radius 2 is 1.95 bits per heavy atom. The Morgan fingerprint density at radius 1 is 1.26 bits per heavy atom. The lowest BCUT2D eigenvalue weighted by Gasteiger charge is -2.13. The summed E-state index contributed by atoms with van der Waals surface area (Å²) in [4.78, 5) is -0.0707. The first kappa shape index (κ1) is 16.4. The van der Waals surface area contributed by atoms with Gasteiger partial charge in [0.1, 0.15) is 5.75 Å². The average Bonchev–Trinajstić information content (AvgIpc) is 2.26. The van der Waals surface area contributed by atoms with Gasteiger partial charge in [-0.05, 0) is 48.4 Å². The van der Waals surface area contributed by atoms with E-state index in [9.17, 15) is 22.0 Å². The van der Waals surface area contributed by atoms with Gasteiger partial charge in [0.2, 0.25) is 0 Å². The summed E-state index contributed by atoms with van der Waals surface area (Å²) in [5.74, 6) is 0.164. The standard InChI is InChI=1S/C11H10ClF5OS/c12-5-1-2-7-6-8(19-11(15,16)17)3-4-9(7)18-10(13)14/h3-4,6,10H,1-2,5H2. The van der Waals surface area contributed by atoms with E-state index in [0.717, 1.165) is 12.1 Å². The van der Waals surface area contributed by atoms with E-state index in [1.807, 2.05) is 0 Å². The normalized spacial score (nSPS) is 11.9. The smallest absolute Gasteiger partial charge is 0.435 e. The predicted molar refractivity (Wildman–Crippen MR) is 64.0 cm³/mol. The minimum atomic E-state index is -4.42. The molecule has 0 N–H and O–H groups in total. The van der Waals surface area contributed by atoms with E-state index in [-0.39, 0.29) is 40.3 Å². The van der Waals surface area contributed by atoms with Crippen molar-refractivity contribution in [2.24, 2.45) is 0 Å². The van der Waals surface area contributed by atoms with E-state index in [2.05, 4.69) is 4.74 Å². The van der Waals surface area contributed by atoms with Crippen molar-refractivity contribution in [1.82, 2.24) is 0 Å². The zero-order valence-corrected chi connectivity index (χ0v) is 11.1. The predicted octanol–water partition coefficient (Wildman–Crippen LogP) is 5.07. The van der Waals surface area contributed by atoms with Crippen LogP contribution in [0.2, 0.25) is 0 Å². The van der Waals surface area contributed by atoms with Crippen molar-refractivity contribution in [3.8, 4) is 5.75 Å². The lowest BCUT2D eigenvalue weighted by molar-refractivity contribution is -0.0505. The molecule has 0 heterocycles. The zero-order valence-electron chi connectivity index (χ0n) is 9.52. The van der Waals surface area contributed by atoms with E-state index in [1.165, 1.54) is 6.07 Å². The maximum atomic E-state index is 12.2. The number of alkyl halides is 6. The fourth-order valence-electron chi connectivity index (χ4n) is 1.42. The highest BCUT2D eigenvalue weighted by atomic mass is 35.5. The fraction of sp³-hybridized carbons (Fsp3) is 0.455. The molecule has 0 aliphatic carbocycles. The quantitative estimate of drug-likeness (QED) is 0.411. The molecule has 8 heteroatoms. The average molecular weight is 321 g/mol. The van der Waals surface area contributed by atoms with Crippen LogP contribution < -0.4 is 4.74 Å². The molecule has 0 saturated carbocycles. The van der Waals surface area contributed by atoms with Crippen LogP contribution in [-0.2, 0) is 6.42 Å². The maximum absolute atomic E-state index is 12.2. The SMILES string of the molecule is FC(F)Oc1ccc(SC(F)(F)F)cc1CCCCl. The van der Waals surface area contributed by atoms with Crippen LogP contribution in [0.4, 0.5) is 22.0 Å². The van der Waals surface area contributed by atoms with Gasteiger partial charge < -0.3 is 4.74 Å². The molecule has 1 aromatic carbocycles. The molecule has 0 spiro atoms. The number of benzene rings is 1. The topological polar surface area (TPSA) is 9.23 Å². The van der Waals surface area contributed by atoms with Gasteiger partial charge in [-0.3, -0.25) is 0 Å². The van der Waals surface area contributed by atoms with E-state index >= 15 is 0 Å². The van der Waals surface area contributed by atoms with Crippen molar-refractivity contribution >= 4 is 23.4 Å². The molecular weight excluding hydrogens is 311 g/mol. The van der Waals surface area contributed by atoms with Gasteiger partial charge in [0.25, 0.3) is 0 Å². The molecule has 108 valence electrons. The summed E-state index contributed by atoms with van der Waals surface area (Å²) in [7, 11) is 0. The van der Waals surface area contributed by atoms with Gasteiger partial charge in [0.15, 0.2) is 0 Å². The largest absolute Gasteiger partial charge is 0.446 e. The highest BCUT2D eigenvalue weighted by Gasteiger charge is 2.29. The second-order valence-electron chi connectivity index (χ2n) is 3.49. The monoisotopic (exact) mass is 320 g/mol. The van der Waals surface area contributed by atoms with Gasteiger partial charge in [-0.2, -0.15) is 22.0 Å². The van der Waals surface area contributed by atoms with Crippen molar-refractivity contribution in [2.45, 2.75) is 29.9 Å². The lowest BCUT2D eigenvalue weighted by atomic mass is 10.1. The third-order valence-corrected chi connectivity index (χ3v) is 3.05. The summed E-state index contributed by atoms with van der Waals surface area (Å²) in [6.07, 6.45) is 0.735. The number of halogens is 6. The Morgan fingerprint density at radius 3 is 2.47 bits per heavy atom. The van der Waals surface area contributed by atoms with Crippen molar-refractivity contribution in [3.63, 3.8) is 0 Å². The van der Waals surface area contributed by atoms with E-state index < -0.39 is 12.1 Å². The van der Waals surface area contributed by atoms with Crippen LogP contribution in [0.25, 0.3) is 0 Å². The van der Waals surface area contributed by atoms with Crippen LogP contribution in [0.1, 0.15) is 12.0 Å². The minimum absolute atomic E-state index is 0.0707. The molecule has 0 aliphatic rings. The molecule has 1 rings (SSSR count). The molecule has 0 aliphatic heterocycles. The summed E-state index contributed by atoms with van der Waals surface area (Å²) in [5, 5.41) is 0. The maximum Gasteiger partial charge on any atom is 0.446 e. The first-order chi connectivity index (χ1) is 8.81. The van der Waals surface area contributed by atoms with E-state index in [0.29, 0.717) is 6.42 Å². The van der Waals surface area contributed by atoms with Gasteiger partial charge in [-0.1, -0.05) is 0 Å². The lowest BCUT2D eigenvalue weighted by Crippen LogP contribution is -2.05. The Labute approximate surface area is 116 Å². The van der Waals surface area contributed by atoms with Crippen LogP contribution in [0.5, 0.6) is 5.75 Å². The van der Waals surface area contributed by atoms with Gasteiger partial charge in [0, 0.05) is 10.8 Å². The van der Waals surface area contributed by atoms with Gasteiger partial charge in [0.05, 0.1) is 0 Å². The van der Waals surface area contributed by atoms with Crippen LogP contribution in [-0.4, -0.2) is 18.0 Å². The van der Waals surface area contributed by atoms with Crippen LogP contribution in [0.15, 0.2) is 23.1 Å². The number of thioether (sulfide) groups is 1. The summed E-state index contributed by atoms with van der Waals surface area (Å²) in [6.45, 7) is -3.02. The van der Waals surface area contributed by atoms with Crippen molar-refractivity contribution in [2.75, 3.05) is 5.88 Å². The molecular formula is C11H10ClF5OS. The summed E-state index contributed by atoms with van der Waals surface area (Å²) in [5.41, 5.74) is -4.13. The second kappa shape index (κ2) is 7.19. The Hall–Kier alpha value is -0.690. The molecule has 0 atom stereocenters. The summed E-state index contributed by atoms with van der Waals surface area (Å²) < 4.78 is 65.3. The molecule has 1 nitrogen and oxygen atoms in total. The zero-order chi connectivity index (χ0) is 14.5. The molecule has 0 aromatic heterocycles. The van der Waals surface area contributed by atoms with Gasteiger partial charge >= 0.3 is 12.1 Å². The van der Waals surface area contributed by atoms with Gasteiger partial charge in [-0.15, -0.1) is 11.6 Å². The summed E-state index contributed by atoms with van der Waals surface area (Å²) in [6, 6.07) is 3.41.